The molecular weight excluding hydrogens is 593 g/mol. The monoisotopic (exact) mass is 632 g/mol. The van der Waals surface area contributed by atoms with Crippen molar-refractivity contribution >= 4 is 49.6 Å². The smallest absolute Gasteiger partial charge is 0.0582 e. The normalized spacial score (nSPS) is 13.6. The van der Waals surface area contributed by atoms with E-state index in [0.717, 1.165) is 17.1 Å². The number of hydrogen-bond acceptors (Lipinski definition) is 1. The van der Waals surface area contributed by atoms with E-state index in [1.807, 2.05) is 0 Å². The van der Waals surface area contributed by atoms with Gasteiger partial charge in [-0.05, 0) is 92.5 Å². The minimum Gasteiger partial charge on any atom is -0.310 e. The molecule has 0 N–H and O–H groups in total. The van der Waals surface area contributed by atoms with Crippen LogP contribution in [0.3, 0.4) is 0 Å². The molecule has 8 aromatic rings. The molecule has 2 heterocycles. The third-order valence-electron chi connectivity index (χ3n) is 10.7. The average molecular weight is 633 g/mol. The van der Waals surface area contributed by atoms with Crippen LogP contribution in [0.5, 0.6) is 0 Å². The largest absolute Gasteiger partial charge is 0.310 e. The zero-order valence-electron chi connectivity index (χ0n) is 28.8. The Morgan fingerprint density at radius 3 is 1.92 bits per heavy atom. The first-order valence-electron chi connectivity index (χ1n) is 17.4. The summed E-state index contributed by atoms with van der Waals surface area (Å²) in [7, 11) is 0. The van der Waals surface area contributed by atoms with E-state index in [0.29, 0.717) is 0 Å². The first kappa shape index (κ1) is 29.5. The van der Waals surface area contributed by atoms with Crippen LogP contribution in [0.25, 0.3) is 49.4 Å². The van der Waals surface area contributed by atoms with Gasteiger partial charge in [0, 0.05) is 33.2 Å². The third-order valence-corrected chi connectivity index (χ3v) is 10.7. The molecule has 0 aliphatic carbocycles. The highest BCUT2D eigenvalue weighted by Crippen LogP contribution is 2.48. The Morgan fingerprint density at radius 1 is 0.531 bits per heavy atom. The minimum absolute atomic E-state index is 0.0816. The standard InChI is InChI=1S/C47H40N2/c1-46(2,3)33-22-26-35(27-23-33)48(34-24-20-32(21-25-34)38-15-10-13-31-12-6-7-14-37(31)38)36-28-29-43-40(30-36)39-16-11-18-42-45(39)49(43)44-19-9-8-17-41(44)47(42,4)5/h6-30H,1-5H3. The van der Waals surface area contributed by atoms with E-state index in [-0.39, 0.29) is 10.8 Å². The molecule has 238 valence electrons. The number of para-hydroxylation sites is 2. The van der Waals surface area contributed by atoms with Crippen LogP contribution in [0.2, 0.25) is 0 Å². The second-order valence-electron chi connectivity index (χ2n) is 15.1. The highest BCUT2D eigenvalue weighted by Gasteiger charge is 2.35. The van der Waals surface area contributed by atoms with Gasteiger partial charge in [0.15, 0.2) is 0 Å². The molecule has 2 nitrogen and oxygen atoms in total. The molecular formula is C47H40N2. The third kappa shape index (κ3) is 4.54. The number of benzene rings is 7. The predicted octanol–water partition coefficient (Wildman–Crippen LogP) is 13.0. The molecule has 0 bridgehead atoms. The van der Waals surface area contributed by atoms with E-state index in [1.54, 1.807) is 0 Å². The summed E-state index contributed by atoms with van der Waals surface area (Å²) >= 11 is 0. The quantitative estimate of drug-likeness (QED) is 0.187. The SMILES string of the molecule is CC(C)(C)c1ccc(N(c2ccc(-c3cccc4ccccc34)cc2)c2ccc3c(c2)c2cccc4c2n3-c2ccccc2C4(C)C)cc1. The summed E-state index contributed by atoms with van der Waals surface area (Å²) in [6.45, 7) is 11.5. The summed E-state index contributed by atoms with van der Waals surface area (Å²) in [5, 5.41) is 5.10. The molecule has 1 aliphatic heterocycles. The van der Waals surface area contributed by atoms with Crippen LogP contribution in [0.1, 0.15) is 51.3 Å². The fourth-order valence-electron chi connectivity index (χ4n) is 8.12. The van der Waals surface area contributed by atoms with Crippen molar-refractivity contribution in [2.24, 2.45) is 0 Å². The summed E-state index contributed by atoms with van der Waals surface area (Å²) in [5.74, 6) is 0. The molecule has 0 saturated carbocycles. The van der Waals surface area contributed by atoms with Crippen LogP contribution in [-0.4, -0.2) is 4.57 Å². The molecule has 0 fully saturated rings. The van der Waals surface area contributed by atoms with Crippen LogP contribution < -0.4 is 4.90 Å². The minimum atomic E-state index is -0.0873. The van der Waals surface area contributed by atoms with E-state index >= 15 is 0 Å². The Bertz CT molecular complexity index is 2540. The molecule has 0 spiro atoms. The lowest BCUT2D eigenvalue weighted by Crippen LogP contribution is -2.26. The average Bonchev–Trinajstić information content (AvgIpc) is 3.45. The maximum atomic E-state index is 2.49. The van der Waals surface area contributed by atoms with Crippen molar-refractivity contribution in [1.29, 1.82) is 0 Å². The van der Waals surface area contributed by atoms with E-state index in [2.05, 4.69) is 196 Å². The van der Waals surface area contributed by atoms with Gasteiger partial charge in [-0.15, -0.1) is 0 Å². The Morgan fingerprint density at radius 2 is 1.14 bits per heavy atom. The Labute approximate surface area is 288 Å². The summed E-state index contributed by atoms with van der Waals surface area (Å²) in [6.07, 6.45) is 0. The lowest BCUT2D eigenvalue weighted by atomic mass is 9.75. The molecule has 0 amide bonds. The van der Waals surface area contributed by atoms with Crippen molar-refractivity contribution in [2.45, 2.75) is 45.4 Å². The Hall–Kier alpha value is -5.60. The summed E-state index contributed by atoms with van der Waals surface area (Å²) in [4.78, 5) is 2.41. The van der Waals surface area contributed by atoms with E-state index in [4.69, 9.17) is 0 Å². The molecule has 7 aromatic carbocycles. The number of anilines is 3. The molecule has 0 unspecified atom stereocenters. The van der Waals surface area contributed by atoms with Gasteiger partial charge in [-0.3, -0.25) is 0 Å². The lowest BCUT2D eigenvalue weighted by molar-refractivity contribution is 0.590. The molecule has 49 heavy (non-hydrogen) atoms. The van der Waals surface area contributed by atoms with Crippen molar-refractivity contribution in [3.05, 3.63) is 168 Å². The maximum absolute atomic E-state index is 2.49. The van der Waals surface area contributed by atoms with Gasteiger partial charge in [0.2, 0.25) is 0 Å². The fourth-order valence-corrected chi connectivity index (χ4v) is 8.12. The van der Waals surface area contributed by atoms with Crippen molar-refractivity contribution < 1.29 is 0 Å². The highest BCUT2D eigenvalue weighted by molar-refractivity contribution is 6.13. The van der Waals surface area contributed by atoms with Crippen molar-refractivity contribution in [3.8, 4) is 16.8 Å². The van der Waals surface area contributed by atoms with Gasteiger partial charge in [-0.2, -0.15) is 0 Å². The lowest BCUT2D eigenvalue weighted by Gasteiger charge is -2.34. The topological polar surface area (TPSA) is 8.17 Å². The van der Waals surface area contributed by atoms with Crippen LogP contribution in [0.15, 0.2) is 152 Å². The Kier molecular flexibility index (Phi) is 6.45. The van der Waals surface area contributed by atoms with E-state index in [9.17, 15) is 0 Å². The zero-order valence-corrected chi connectivity index (χ0v) is 28.8. The van der Waals surface area contributed by atoms with E-state index in [1.165, 1.54) is 66.1 Å². The van der Waals surface area contributed by atoms with Gasteiger partial charge < -0.3 is 9.47 Å². The van der Waals surface area contributed by atoms with Gasteiger partial charge in [0.1, 0.15) is 0 Å². The van der Waals surface area contributed by atoms with Crippen LogP contribution in [-0.2, 0) is 10.8 Å². The fraction of sp³-hybridized carbons (Fsp3) is 0.149. The number of nitrogens with zero attached hydrogens (tertiary/aromatic N) is 2. The van der Waals surface area contributed by atoms with Gasteiger partial charge in [-0.1, -0.05) is 138 Å². The molecule has 0 atom stereocenters. The number of fused-ring (bicyclic) bond motifs is 6. The first-order valence-corrected chi connectivity index (χ1v) is 17.4. The molecule has 1 aliphatic rings. The number of rotatable bonds is 4. The number of hydrogen-bond donors (Lipinski definition) is 0. The van der Waals surface area contributed by atoms with Crippen molar-refractivity contribution in [1.82, 2.24) is 4.57 Å². The molecule has 1 aromatic heterocycles. The predicted molar refractivity (Wildman–Crippen MR) is 209 cm³/mol. The van der Waals surface area contributed by atoms with Crippen LogP contribution in [0, 0.1) is 0 Å². The Balaban J connectivity index is 1.24. The van der Waals surface area contributed by atoms with E-state index < -0.39 is 0 Å². The van der Waals surface area contributed by atoms with Gasteiger partial charge in [0.05, 0.1) is 16.7 Å². The zero-order chi connectivity index (χ0) is 33.5. The summed E-state index contributed by atoms with van der Waals surface area (Å²) < 4.78 is 2.49. The van der Waals surface area contributed by atoms with Gasteiger partial charge in [0.25, 0.3) is 0 Å². The van der Waals surface area contributed by atoms with Gasteiger partial charge in [-0.25, -0.2) is 0 Å². The van der Waals surface area contributed by atoms with Gasteiger partial charge >= 0.3 is 0 Å². The molecule has 2 heteroatoms. The van der Waals surface area contributed by atoms with Crippen molar-refractivity contribution in [2.75, 3.05) is 4.90 Å². The van der Waals surface area contributed by atoms with Crippen LogP contribution in [0.4, 0.5) is 17.1 Å². The van der Waals surface area contributed by atoms with Crippen molar-refractivity contribution in [3.63, 3.8) is 0 Å². The van der Waals surface area contributed by atoms with Crippen LogP contribution >= 0.6 is 0 Å². The molecule has 9 rings (SSSR count). The maximum Gasteiger partial charge on any atom is 0.0582 e. The molecule has 0 radical (unpaired) electrons. The summed E-state index contributed by atoms with van der Waals surface area (Å²) in [5.41, 5.74) is 13.8. The second-order valence-corrected chi connectivity index (χ2v) is 15.1. The second kappa shape index (κ2) is 10.7. The first-order chi connectivity index (χ1) is 23.7. The highest BCUT2D eigenvalue weighted by atomic mass is 15.1. The number of aromatic nitrogens is 1. The summed E-state index contributed by atoms with van der Waals surface area (Å²) in [6, 6.07) is 56.2. The molecule has 0 saturated heterocycles.